The van der Waals surface area contributed by atoms with Crippen molar-refractivity contribution < 1.29 is 4.74 Å². The number of benzene rings is 1. The number of ether oxygens (including phenoxy) is 1. The molecule has 2 aromatic heterocycles. The zero-order chi connectivity index (χ0) is 19.5. The number of hydrogen-bond acceptors (Lipinski definition) is 6. The fourth-order valence-electron chi connectivity index (χ4n) is 4.37. The number of nitrogens with one attached hydrogen (secondary N) is 1. The van der Waals surface area contributed by atoms with Crippen LogP contribution in [0.1, 0.15) is 12.8 Å². The van der Waals surface area contributed by atoms with E-state index in [0.717, 1.165) is 63.9 Å². The number of fused-ring (bicyclic) bond motifs is 1. The van der Waals surface area contributed by atoms with Crippen LogP contribution in [0.15, 0.2) is 54.9 Å². The van der Waals surface area contributed by atoms with E-state index in [4.69, 9.17) is 9.72 Å². The van der Waals surface area contributed by atoms with Crippen LogP contribution in [0.25, 0.3) is 10.8 Å². The summed E-state index contributed by atoms with van der Waals surface area (Å²) in [5, 5.41) is 6.14. The molecule has 3 aromatic rings. The second kappa shape index (κ2) is 8.25. The molecule has 1 aromatic carbocycles. The number of morpholine rings is 1. The van der Waals surface area contributed by atoms with E-state index in [9.17, 15) is 0 Å². The van der Waals surface area contributed by atoms with Crippen molar-refractivity contribution in [1.29, 1.82) is 0 Å². The number of rotatable bonds is 4. The van der Waals surface area contributed by atoms with Gasteiger partial charge in [0.1, 0.15) is 11.6 Å². The molecule has 0 amide bonds. The van der Waals surface area contributed by atoms with Crippen molar-refractivity contribution in [2.75, 3.05) is 54.5 Å². The first-order chi connectivity index (χ1) is 14.4. The van der Waals surface area contributed by atoms with E-state index in [2.05, 4.69) is 62.6 Å². The summed E-state index contributed by atoms with van der Waals surface area (Å²) < 4.78 is 5.47. The molecule has 0 saturated carbocycles. The Morgan fingerprint density at radius 2 is 1.79 bits per heavy atom. The van der Waals surface area contributed by atoms with E-state index in [-0.39, 0.29) is 0 Å². The SMILES string of the molecule is c1ccc2c(N3CCCC(Nc4cc(N5CCOCC5)ccn4)C3)nccc2c1. The summed E-state index contributed by atoms with van der Waals surface area (Å²) in [7, 11) is 0. The van der Waals surface area contributed by atoms with E-state index in [1.54, 1.807) is 0 Å². The Kier molecular flexibility index (Phi) is 5.17. The maximum atomic E-state index is 5.47. The summed E-state index contributed by atoms with van der Waals surface area (Å²) in [6.45, 7) is 5.44. The quantitative estimate of drug-likeness (QED) is 0.737. The summed E-state index contributed by atoms with van der Waals surface area (Å²) in [4.78, 5) is 14.1. The first kappa shape index (κ1) is 18.2. The van der Waals surface area contributed by atoms with E-state index in [0.29, 0.717) is 6.04 Å². The summed E-state index contributed by atoms with van der Waals surface area (Å²) in [5.74, 6) is 2.04. The summed E-state index contributed by atoms with van der Waals surface area (Å²) >= 11 is 0. The zero-order valence-electron chi connectivity index (χ0n) is 16.6. The smallest absolute Gasteiger partial charge is 0.136 e. The first-order valence-corrected chi connectivity index (χ1v) is 10.5. The molecule has 6 nitrogen and oxygen atoms in total. The largest absolute Gasteiger partial charge is 0.378 e. The molecule has 5 rings (SSSR count). The molecule has 1 unspecified atom stereocenters. The first-order valence-electron chi connectivity index (χ1n) is 10.5. The third-order valence-corrected chi connectivity index (χ3v) is 5.85. The Morgan fingerprint density at radius 1 is 0.931 bits per heavy atom. The van der Waals surface area contributed by atoms with Gasteiger partial charge in [-0.2, -0.15) is 0 Å². The fraction of sp³-hybridized carbons (Fsp3) is 0.391. The van der Waals surface area contributed by atoms with Gasteiger partial charge >= 0.3 is 0 Å². The highest BCUT2D eigenvalue weighted by Gasteiger charge is 2.22. The van der Waals surface area contributed by atoms with E-state index in [1.807, 2.05) is 12.4 Å². The van der Waals surface area contributed by atoms with Gasteiger partial charge in [-0.15, -0.1) is 0 Å². The van der Waals surface area contributed by atoms with Gasteiger partial charge in [0.2, 0.25) is 0 Å². The van der Waals surface area contributed by atoms with Crippen LogP contribution in [0, 0.1) is 0 Å². The molecule has 0 bridgehead atoms. The predicted octanol–water partition coefficient (Wildman–Crippen LogP) is 3.55. The normalized spacial score (nSPS) is 20.1. The summed E-state index contributed by atoms with van der Waals surface area (Å²) in [6, 6.07) is 15.2. The summed E-state index contributed by atoms with van der Waals surface area (Å²) in [5.41, 5.74) is 1.22. The van der Waals surface area contributed by atoms with Crippen LogP contribution >= 0.6 is 0 Å². The second-order valence-electron chi connectivity index (χ2n) is 7.78. The predicted molar refractivity (Wildman–Crippen MR) is 118 cm³/mol. The molecule has 2 aliphatic rings. The van der Waals surface area contributed by atoms with Crippen molar-refractivity contribution in [2.24, 2.45) is 0 Å². The molecule has 2 aliphatic heterocycles. The minimum atomic E-state index is 0.358. The molecule has 2 saturated heterocycles. The minimum absolute atomic E-state index is 0.358. The van der Waals surface area contributed by atoms with Crippen molar-refractivity contribution in [2.45, 2.75) is 18.9 Å². The second-order valence-corrected chi connectivity index (χ2v) is 7.78. The third-order valence-electron chi connectivity index (χ3n) is 5.85. The van der Waals surface area contributed by atoms with Crippen LogP contribution in [-0.4, -0.2) is 55.4 Å². The zero-order valence-corrected chi connectivity index (χ0v) is 16.6. The van der Waals surface area contributed by atoms with Crippen LogP contribution in [0.4, 0.5) is 17.3 Å². The molecular formula is C23H27N5O. The Balaban J connectivity index is 1.31. The van der Waals surface area contributed by atoms with Crippen LogP contribution in [0.5, 0.6) is 0 Å². The van der Waals surface area contributed by atoms with Gasteiger partial charge in [0, 0.05) is 61.8 Å². The Labute approximate surface area is 171 Å². The molecule has 1 atom stereocenters. The average molecular weight is 390 g/mol. The Hall–Kier alpha value is -2.86. The van der Waals surface area contributed by atoms with E-state index < -0.39 is 0 Å². The van der Waals surface area contributed by atoms with Gasteiger partial charge in [-0.3, -0.25) is 0 Å². The Morgan fingerprint density at radius 3 is 2.72 bits per heavy atom. The van der Waals surface area contributed by atoms with Crippen molar-refractivity contribution in [1.82, 2.24) is 9.97 Å². The highest BCUT2D eigenvalue weighted by Crippen LogP contribution is 2.28. The standard InChI is InChI=1S/C23H27N5O/c1-2-6-21-18(4-1)7-9-25-23(21)28-11-3-5-19(17-28)26-22-16-20(8-10-24-22)27-12-14-29-15-13-27/h1-2,4,6-10,16,19H,3,5,11-15,17H2,(H,24,26). The highest BCUT2D eigenvalue weighted by molar-refractivity contribution is 5.92. The molecule has 2 fully saturated rings. The van der Waals surface area contributed by atoms with Gasteiger partial charge in [-0.1, -0.05) is 24.3 Å². The highest BCUT2D eigenvalue weighted by atomic mass is 16.5. The molecule has 0 radical (unpaired) electrons. The lowest BCUT2D eigenvalue weighted by atomic mass is 10.0. The lowest BCUT2D eigenvalue weighted by Gasteiger charge is -2.35. The van der Waals surface area contributed by atoms with Crippen LogP contribution in [0.2, 0.25) is 0 Å². The number of anilines is 3. The molecule has 1 N–H and O–H groups in total. The molecule has 29 heavy (non-hydrogen) atoms. The van der Waals surface area contributed by atoms with Crippen molar-refractivity contribution in [3.8, 4) is 0 Å². The van der Waals surface area contributed by atoms with E-state index >= 15 is 0 Å². The average Bonchev–Trinajstić information content (AvgIpc) is 2.80. The monoisotopic (exact) mass is 389 g/mol. The van der Waals surface area contributed by atoms with Crippen LogP contribution in [-0.2, 0) is 4.74 Å². The number of piperidine rings is 1. The van der Waals surface area contributed by atoms with Gasteiger partial charge in [0.15, 0.2) is 0 Å². The number of nitrogens with zero attached hydrogens (tertiary/aromatic N) is 4. The maximum Gasteiger partial charge on any atom is 0.136 e. The molecule has 4 heterocycles. The molecule has 0 spiro atoms. The Bertz CT molecular complexity index is 967. The summed E-state index contributed by atoms with van der Waals surface area (Å²) in [6.07, 6.45) is 6.11. The van der Waals surface area contributed by atoms with Crippen LogP contribution < -0.4 is 15.1 Å². The van der Waals surface area contributed by atoms with Gasteiger partial charge in [0.05, 0.1) is 13.2 Å². The number of aromatic nitrogens is 2. The molecule has 0 aliphatic carbocycles. The lowest BCUT2D eigenvalue weighted by molar-refractivity contribution is 0.122. The van der Waals surface area contributed by atoms with Crippen molar-refractivity contribution in [3.63, 3.8) is 0 Å². The minimum Gasteiger partial charge on any atom is -0.378 e. The fourth-order valence-corrected chi connectivity index (χ4v) is 4.37. The molecule has 6 heteroatoms. The van der Waals surface area contributed by atoms with Crippen molar-refractivity contribution in [3.05, 3.63) is 54.9 Å². The topological polar surface area (TPSA) is 53.5 Å². The van der Waals surface area contributed by atoms with Gasteiger partial charge in [-0.25, -0.2) is 9.97 Å². The number of pyridine rings is 2. The molecule has 150 valence electrons. The van der Waals surface area contributed by atoms with Gasteiger partial charge in [0.25, 0.3) is 0 Å². The van der Waals surface area contributed by atoms with E-state index in [1.165, 1.54) is 16.5 Å². The molecular weight excluding hydrogens is 362 g/mol. The van der Waals surface area contributed by atoms with Crippen LogP contribution in [0.3, 0.4) is 0 Å². The lowest BCUT2D eigenvalue weighted by Crippen LogP contribution is -2.42. The van der Waals surface area contributed by atoms with Gasteiger partial charge < -0.3 is 19.9 Å². The van der Waals surface area contributed by atoms with Crippen molar-refractivity contribution >= 4 is 28.1 Å². The maximum absolute atomic E-state index is 5.47. The third kappa shape index (κ3) is 3.98. The number of hydrogen-bond donors (Lipinski definition) is 1. The van der Waals surface area contributed by atoms with Gasteiger partial charge in [-0.05, 0) is 30.4 Å².